The number of anilines is 1. The van der Waals surface area contributed by atoms with Crippen molar-refractivity contribution in [2.24, 2.45) is 0 Å². The molecule has 1 amide bonds. The SMILES string of the molecule is CNCC(=O)N1CCCN(c2nc(C)ns2)CC1. The highest BCUT2D eigenvalue weighted by Crippen LogP contribution is 2.18. The van der Waals surface area contributed by atoms with E-state index in [-0.39, 0.29) is 5.91 Å². The minimum Gasteiger partial charge on any atom is -0.345 e. The molecule has 1 aromatic rings. The molecule has 0 spiro atoms. The first kappa shape index (κ1) is 13.2. The van der Waals surface area contributed by atoms with Crippen LogP contribution in [0.25, 0.3) is 0 Å². The molecule has 0 bridgehead atoms. The Labute approximate surface area is 111 Å². The molecule has 0 unspecified atom stereocenters. The Morgan fingerprint density at radius 3 is 2.89 bits per heavy atom. The van der Waals surface area contributed by atoms with E-state index in [2.05, 4.69) is 19.6 Å². The van der Waals surface area contributed by atoms with Crippen LogP contribution in [0.4, 0.5) is 5.13 Å². The number of hydrogen-bond acceptors (Lipinski definition) is 6. The van der Waals surface area contributed by atoms with Gasteiger partial charge in [-0.1, -0.05) is 0 Å². The van der Waals surface area contributed by atoms with Crippen molar-refractivity contribution in [3.63, 3.8) is 0 Å². The molecule has 18 heavy (non-hydrogen) atoms. The van der Waals surface area contributed by atoms with Crippen molar-refractivity contribution >= 4 is 22.6 Å². The number of hydrogen-bond donors (Lipinski definition) is 1. The van der Waals surface area contributed by atoms with E-state index in [9.17, 15) is 4.79 Å². The number of rotatable bonds is 3. The predicted octanol–water partition coefficient (Wildman–Crippen LogP) is 0.105. The van der Waals surface area contributed by atoms with Gasteiger partial charge in [-0.3, -0.25) is 4.79 Å². The molecule has 0 aromatic carbocycles. The summed E-state index contributed by atoms with van der Waals surface area (Å²) in [6.45, 7) is 5.69. The smallest absolute Gasteiger partial charge is 0.236 e. The highest BCUT2D eigenvalue weighted by atomic mass is 32.1. The van der Waals surface area contributed by atoms with E-state index in [1.165, 1.54) is 11.5 Å². The monoisotopic (exact) mass is 269 g/mol. The Balaban J connectivity index is 1.94. The van der Waals surface area contributed by atoms with Gasteiger partial charge in [-0.15, -0.1) is 0 Å². The van der Waals surface area contributed by atoms with Gasteiger partial charge in [0.1, 0.15) is 5.82 Å². The summed E-state index contributed by atoms with van der Waals surface area (Å²) < 4.78 is 4.20. The third kappa shape index (κ3) is 3.17. The fourth-order valence-electron chi connectivity index (χ4n) is 2.04. The van der Waals surface area contributed by atoms with Gasteiger partial charge in [0.15, 0.2) is 0 Å². The van der Waals surface area contributed by atoms with Crippen molar-refractivity contribution in [3.05, 3.63) is 5.82 Å². The lowest BCUT2D eigenvalue weighted by Crippen LogP contribution is -2.39. The van der Waals surface area contributed by atoms with Crippen LogP contribution in [0, 0.1) is 6.92 Å². The molecule has 2 heterocycles. The summed E-state index contributed by atoms with van der Waals surface area (Å²) >= 11 is 1.43. The van der Waals surface area contributed by atoms with E-state index in [0.29, 0.717) is 6.54 Å². The number of likely N-dealkylation sites (N-methyl/N-ethyl adjacent to an activating group) is 1. The zero-order valence-electron chi connectivity index (χ0n) is 10.8. The van der Waals surface area contributed by atoms with Crippen LogP contribution >= 0.6 is 11.5 Å². The van der Waals surface area contributed by atoms with Gasteiger partial charge in [0, 0.05) is 37.7 Å². The Morgan fingerprint density at radius 2 is 2.22 bits per heavy atom. The quantitative estimate of drug-likeness (QED) is 0.843. The second kappa shape index (κ2) is 6.10. The number of carbonyl (C=O) groups excluding carboxylic acids is 1. The maximum absolute atomic E-state index is 11.8. The van der Waals surface area contributed by atoms with Crippen LogP contribution < -0.4 is 10.2 Å². The first-order valence-corrected chi connectivity index (χ1v) is 6.95. The number of aromatic nitrogens is 2. The van der Waals surface area contributed by atoms with E-state index in [1.807, 2.05) is 11.8 Å². The number of amides is 1. The lowest BCUT2D eigenvalue weighted by Gasteiger charge is -2.21. The molecule has 0 atom stereocenters. The summed E-state index contributed by atoms with van der Waals surface area (Å²) in [6.07, 6.45) is 0.980. The number of nitrogens with one attached hydrogen (secondary N) is 1. The fourth-order valence-corrected chi connectivity index (χ4v) is 2.76. The molecule has 6 nitrogen and oxygen atoms in total. The average Bonchev–Trinajstić information content (AvgIpc) is 2.65. The Morgan fingerprint density at radius 1 is 1.39 bits per heavy atom. The molecule has 0 aliphatic carbocycles. The van der Waals surface area contributed by atoms with Gasteiger partial charge in [0.25, 0.3) is 0 Å². The van der Waals surface area contributed by atoms with Crippen molar-refractivity contribution < 1.29 is 4.79 Å². The van der Waals surface area contributed by atoms with Crippen LogP contribution in [0.1, 0.15) is 12.2 Å². The Hall–Kier alpha value is -1.21. The largest absolute Gasteiger partial charge is 0.345 e. The normalized spacial score (nSPS) is 16.8. The summed E-state index contributed by atoms with van der Waals surface area (Å²) in [6, 6.07) is 0. The topological polar surface area (TPSA) is 61.4 Å². The summed E-state index contributed by atoms with van der Waals surface area (Å²) in [5, 5.41) is 3.87. The van der Waals surface area contributed by atoms with Crippen LogP contribution in [0.2, 0.25) is 0 Å². The lowest BCUT2D eigenvalue weighted by atomic mass is 10.4. The number of aryl methyl sites for hydroxylation is 1. The summed E-state index contributed by atoms with van der Waals surface area (Å²) in [4.78, 5) is 20.4. The second-order valence-electron chi connectivity index (χ2n) is 4.38. The molecule has 7 heteroatoms. The molecule has 100 valence electrons. The van der Waals surface area contributed by atoms with E-state index in [0.717, 1.165) is 43.6 Å². The first-order chi connectivity index (χ1) is 8.70. The van der Waals surface area contributed by atoms with Gasteiger partial charge in [0.2, 0.25) is 11.0 Å². The van der Waals surface area contributed by atoms with Crippen molar-refractivity contribution in [3.8, 4) is 0 Å². The third-order valence-corrected chi connectivity index (χ3v) is 3.83. The molecule has 1 aliphatic rings. The maximum atomic E-state index is 11.8. The van der Waals surface area contributed by atoms with Crippen molar-refractivity contribution in [1.82, 2.24) is 19.6 Å². The van der Waals surface area contributed by atoms with E-state index in [1.54, 1.807) is 7.05 Å². The van der Waals surface area contributed by atoms with Gasteiger partial charge in [-0.25, -0.2) is 4.98 Å². The van der Waals surface area contributed by atoms with Crippen LogP contribution in [-0.2, 0) is 4.79 Å². The predicted molar refractivity (Wildman–Crippen MR) is 72.0 cm³/mol. The van der Waals surface area contributed by atoms with Gasteiger partial charge < -0.3 is 15.1 Å². The zero-order chi connectivity index (χ0) is 13.0. The molecular weight excluding hydrogens is 250 g/mol. The minimum atomic E-state index is 0.174. The van der Waals surface area contributed by atoms with Crippen LogP contribution in [0.15, 0.2) is 0 Å². The highest BCUT2D eigenvalue weighted by Gasteiger charge is 2.20. The van der Waals surface area contributed by atoms with Crippen molar-refractivity contribution in [2.45, 2.75) is 13.3 Å². The standard InChI is InChI=1S/C11H19N5OS/c1-9-13-11(18-14-9)16-5-3-4-15(6-7-16)10(17)8-12-2/h12H,3-8H2,1-2H3. The molecule has 1 saturated heterocycles. The Kier molecular flexibility index (Phi) is 4.48. The molecule has 1 aliphatic heterocycles. The van der Waals surface area contributed by atoms with Gasteiger partial charge in [0.05, 0.1) is 6.54 Å². The van der Waals surface area contributed by atoms with E-state index in [4.69, 9.17) is 0 Å². The first-order valence-electron chi connectivity index (χ1n) is 6.18. The van der Waals surface area contributed by atoms with E-state index >= 15 is 0 Å². The molecule has 1 N–H and O–H groups in total. The maximum Gasteiger partial charge on any atom is 0.236 e. The summed E-state index contributed by atoms with van der Waals surface area (Å²) in [5.41, 5.74) is 0. The average molecular weight is 269 g/mol. The third-order valence-electron chi connectivity index (χ3n) is 2.96. The lowest BCUT2D eigenvalue weighted by molar-refractivity contribution is -0.129. The molecule has 0 radical (unpaired) electrons. The Bertz CT molecular complexity index is 408. The van der Waals surface area contributed by atoms with Crippen LogP contribution in [0.5, 0.6) is 0 Å². The molecule has 1 aromatic heterocycles. The molecule has 0 saturated carbocycles. The van der Waals surface area contributed by atoms with Gasteiger partial charge in [-0.05, 0) is 20.4 Å². The van der Waals surface area contributed by atoms with Crippen molar-refractivity contribution in [2.75, 3.05) is 44.7 Å². The fraction of sp³-hybridized carbons (Fsp3) is 0.727. The molecular formula is C11H19N5OS. The zero-order valence-corrected chi connectivity index (χ0v) is 11.7. The number of carbonyl (C=O) groups is 1. The highest BCUT2D eigenvalue weighted by molar-refractivity contribution is 7.09. The summed E-state index contributed by atoms with van der Waals surface area (Å²) in [5.74, 6) is 0.996. The van der Waals surface area contributed by atoms with Gasteiger partial charge in [-0.2, -0.15) is 4.37 Å². The van der Waals surface area contributed by atoms with Crippen LogP contribution in [0.3, 0.4) is 0 Å². The minimum absolute atomic E-state index is 0.174. The second-order valence-corrected chi connectivity index (χ2v) is 5.11. The van der Waals surface area contributed by atoms with Gasteiger partial charge >= 0.3 is 0 Å². The van der Waals surface area contributed by atoms with Crippen molar-refractivity contribution in [1.29, 1.82) is 0 Å². The molecule has 1 fully saturated rings. The van der Waals surface area contributed by atoms with E-state index < -0.39 is 0 Å². The molecule has 2 rings (SSSR count). The number of nitrogens with zero attached hydrogens (tertiary/aromatic N) is 4. The van der Waals surface area contributed by atoms with Crippen LogP contribution in [-0.4, -0.2) is 59.9 Å². The summed E-state index contributed by atoms with van der Waals surface area (Å²) in [7, 11) is 1.80.